The van der Waals surface area contributed by atoms with Gasteiger partial charge in [-0.3, -0.25) is 4.52 Å². The van der Waals surface area contributed by atoms with Gasteiger partial charge in [-0.25, -0.2) is 13.3 Å². The molecule has 0 spiro atoms. The molecule has 0 bridgehead atoms. The highest BCUT2D eigenvalue weighted by Gasteiger charge is 2.35. The van der Waals surface area contributed by atoms with Crippen LogP contribution < -0.4 is 15.2 Å². The zero-order valence-electron chi connectivity index (χ0n) is 19.7. The molecule has 1 heterocycles. The van der Waals surface area contributed by atoms with Crippen LogP contribution in [0.2, 0.25) is 0 Å². The molecule has 3 rings (SSSR count). The Balaban J connectivity index is 1.63. The number of alkyl halides is 3. The van der Waals surface area contributed by atoms with Crippen molar-refractivity contribution in [1.82, 2.24) is 10.2 Å². The maximum absolute atomic E-state index is 13.7. The van der Waals surface area contributed by atoms with Crippen LogP contribution in [0.15, 0.2) is 36.4 Å². The van der Waals surface area contributed by atoms with E-state index in [1.165, 1.54) is 13.0 Å². The molecule has 0 fully saturated rings. The molecule has 0 aliphatic rings. The first kappa shape index (κ1) is 29.9. The van der Waals surface area contributed by atoms with Gasteiger partial charge in [0.05, 0.1) is 30.9 Å². The highest BCUT2D eigenvalue weighted by molar-refractivity contribution is 7.46. The van der Waals surface area contributed by atoms with E-state index in [9.17, 15) is 26.5 Å². The van der Waals surface area contributed by atoms with Crippen molar-refractivity contribution in [3.05, 3.63) is 58.6 Å². The van der Waals surface area contributed by atoms with E-state index in [0.717, 1.165) is 35.6 Å². The molecule has 38 heavy (non-hydrogen) atoms. The summed E-state index contributed by atoms with van der Waals surface area (Å²) < 4.78 is 93.5. The van der Waals surface area contributed by atoms with Gasteiger partial charge in [0.25, 0.3) is 0 Å². The lowest BCUT2D eigenvalue weighted by Crippen LogP contribution is -2.37. The van der Waals surface area contributed by atoms with Gasteiger partial charge in [0.15, 0.2) is 11.6 Å². The second-order valence-corrected chi connectivity index (χ2v) is 10.5. The Morgan fingerprint density at radius 1 is 1.00 bits per heavy atom. The first-order valence-electron chi connectivity index (χ1n) is 10.9. The fourth-order valence-electron chi connectivity index (χ4n) is 3.02. The Kier molecular flexibility index (Phi) is 9.44. The second kappa shape index (κ2) is 12.0. The van der Waals surface area contributed by atoms with Crippen LogP contribution in [0, 0.1) is 11.6 Å². The molecule has 0 saturated heterocycles. The number of nitrogens with two attached hydrogens (primary N) is 1. The van der Waals surface area contributed by atoms with E-state index in [1.54, 1.807) is 0 Å². The average molecular weight is 583 g/mol. The van der Waals surface area contributed by atoms with E-state index in [-0.39, 0.29) is 34.5 Å². The van der Waals surface area contributed by atoms with E-state index < -0.39 is 49.1 Å². The lowest BCUT2D eigenvalue weighted by Gasteiger charge is -2.21. The molecule has 0 radical (unpaired) electrons. The molecule has 3 aromatic rings. The van der Waals surface area contributed by atoms with Crippen molar-refractivity contribution >= 4 is 19.2 Å². The number of rotatable bonds is 12. The molecule has 0 aliphatic heterocycles. The predicted molar refractivity (Wildman–Crippen MR) is 126 cm³/mol. The van der Waals surface area contributed by atoms with Crippen molar-refractivity contribution in [2.75, 3.05) is 19.8 Å². The first-order chi connectivity index (χ1) is 17.7. The van der Waals surface area contributed by atoms with Crippen LogP contribution in [-0.4, -0.2) is 39.8 Å². The third kappa shape index (κ3) is 8.41. The minimum Gasteiger partial charge on any atom is -0.493 e. The maximum Gasteiger partial charge on any atom is 0.469 e. The smallest absolute Gasteiger partial charge is 0.469 e. The predicted octanol–water partition coefficient (Wildman–Crippen LogP) is 5.02. The Morgan fingerprint density at radius 3 is 2.24 bits per heavy atom. The summed E-state index contributed by atoms with van der Waals surface area (Å²) in [6.45, 7) is 0.754. The third-order valence-electron chi connectivity index (χ3n) is 4.93. The number of nitrogens with zero attached hydrogens (tertiary/aromatic N) is 2. The number of hydrogen-bond donors (Lipinski definition) is 3. The Labute approximate surface area is 217 Å². The van der Waals surface area contributed by atoms with E-state index in [4.69, 9.17) is 25.0 Å². The number of halogens is 5. The molecular formula is C22H23F5N3O6PS. The molecule has 1 atom stereocenters. The zero-order valence-corrected chi connectivity index (χ0v) is 21.5. The summed E-state index contributed by atoms with van der Waals surface area (Å²) >= 11 is 0.846. The Bertz CT molecular complexity index is 1300. The van der Waals surface area contributed by atoms with Crippen molar-refractivity contribution in [1.29, 1.82) is 0 Å². The van der Waals surface area contributed by atoms with Gasteiger partial charge < -0.3 is 25.0 Å². The number of benzene rings is 2. The number of hydrogen-bond acceptors (Lipinski definition) is 8. The fourth-order valence-corrected chi connectivity index (χ4v) is 4.34. The Hall–Kier alpha value is -2.68. The third-order valence-corrected chi connectivity index (χ3v) is 6.64. The average Bonchev–Trinajstić information content (AvgIpc) is 3.32. The molecule has 1 aromatic heterocycles. The first-order valence-corrected chi connectivity index (χ1v) is 13.3. The standard InChI is InChI=1S/C22H23F5N3O6PS/c1-21(28,12-36-37(31,32)33)20-30-29-19(38-20)13-4-6-17(15(10-13)22(25,26)27)34-8-2-3-9-35-18-7-5-14(23)11-16(18)24/h4-7,10-11H,2-3,8-9,12,28H2,1H3,(H2,31,32,33)/t21-/m0/s1. The fraction of sp³-hybridized carbons (Fsp3) is 0.364. The molecular weight excluding hydrogens is 560 g/mol. The minimum atomic E-state index is -4.80. The Morgan fingerprint density at radius 2 is 1.63 bits per heavy atom. The SMILES string of the molecule is C[C@](N)(COP(=O)(O)O)c1nnc(-c2ccc(OCCCCOc3ccc(F)cc3F)c(C(F)(F)F)c2)s1. The molecule has 208 valence electrons. The molecule has 9 nitrogen and oxygen atoms in total. The summed E-state index contributed by atoms with van der Waals surface area (Å²) in [5, 5.41) is 7.87. The molecule has 4 N–H and O–H groups in total. The number of unbranched alkanes of at least 4 members (excludes halogenated alkanes) is 1. The molecule has 0 amide bonds. The zero-order chi connectivity index (χ0) is 28.1. The van der Waals surface area contributed by atoms with Gasteiger partial charge in [-0.2, -0.15) is 13.2 Å². The lowest BCUT2D eigenvalue weighted by atomic mass is 10.1. The van der Waals surface area contributed by atoms with Gasteiger partial charge in [-0.05, 0) is 50.1 Å². The van der Waals surface area contributed by atoms with Gasteiger partial charge in [0.2, 0.25) is 0 Å². The molecule has 16 heteroatoms. The lowest BCUT2D eigenvalue weighted by molar-refractivity contribution is -0.138. The molecule has 0 unspecified atom stereocenters. The van der Waals surface area contributed by atoms with Gasteiger partial charge in [-0.15, -0.1) is 10.2 Å². The van der Waals surface area contributed by atoms with E-state index in [2.05, 4.69) is 14.7 Å². The van der Waals surface area contributed by atoms with Crippen LogP contribution in [0.4, 0.5) is 22.0 Å². The highest BCUT2D eigenvalue weighted by atomic mass is 32.1. The van der Waals surface area contributed by atoms with Crippen molar-refractivity contribution < 1.29 is 50.3 Å². The molecule has 0 aliphatic carbocycles. The normalized spacial score (nSPS) is 13.8. The molecule has 0 saturated carbocycles. The number of phosphoric acid groups is 1. The van der Waals surface area contributed by atoms with Crippen molar-refractivity contribution in [2.24, 2.45) is 5.73 Å². The second-order valence-electron chi connectivity index (χ2n) is 8.28. The topological polar surface area (TPSA) is 137 Å². The number of phosphoric ester groups is 1. The van der Waals surface area contributed by atoms with E-state index in [1.807, 2.05) is 0 Å². The van der Waals surface area contributed by atoms with Crippen LogP contribution in [0.1, 0.15) is 30.3 Å². The largest absolute Gasteiger partial charge is 0.493 e. The summed E-state index contributed by atoms with van der Waals surface area (Å²) in [6, 6.07) is 6.21. The van der Waals surface area contributed by atoms with Crippen LogP contribution >= 0.6 is 19.2 Å². The van der Waals surface area contributed by atoms with E-state index in [0.29, 0.717) is 18.9 Å². The summed E-state index contributed by atoms with van der Waals surface area (Å²) in [7, 11) is -4.80. The van der Waals surface area contributed by atoms with Gasteiger partial charge in [0.1, 0.15) is 21.6 Å². The van der Waals surface area contributed by atoms with Crippen molar-refractivity contribution in [3.8, 4) is 22.1 Å². The summed E-state index contributed by atoms with van der Waals surface area (Å²) in [5.74, 6) is -2.14. The highest BCUT2D eigenvalue weighted by Crippen LogP contribution is 2.41. The summed E-state index contributed by atoms with van der Waals surface area (Å²) in [4.78, 5) is 17.7. The number of ether oxygens (including phenoxy) is 2. The quantitative estimate of drug-likeness (QED) is 0.152. The van der Waals surface area contributed by atoms with Crippen LogP contribution in [0.5, 0.6) is 11.5 Å². The van der Waals surface area contributed by atoms with Gasteiger partial charge >= 0.3 is 14.0 Å². The molecule has 2 aromatic carbocycles. The van der Waals surface area contributed by atoms with Crippen LogP contribution in [0.3, 0.4) is 0 Å². The van der Waals surface area contributed by atoms with E-state index >= 15 is 0 Å². The maximum atomic E-state index is 13.7. The monoisotopic (exact) mass is 583 g/mol. The summed E-state index contributed by atoms with van der Waals surface area (Å²) in [5.41, 5.74) is 3.57. The van der Waals surface area contributed by atoms with Crippen molar-refractivity contribution in [2.45, 2.75) is 31.5 Å². The summed E-state index contributed by atoms with van der Waals surface area (Å²) in [6.07, 6.45) is -4.11. The van der Waals surface area contributed by atoms with Crippen LogP contribution in [0.25, 0.3) is 10.6 Å². The van der Waals surface area contributed by atoms with Crippen molar-refractivity contribution in [3.63, 3.8) is 0 Å². The minimum absolute atomic E-state index is 0.0512. The van der Waals surface area contributed by atoms with Gasteiger partial charge in [-0.1, -0.05) is 11.3 Å². The van der Waals surface area contributed by atoms with Gasteiger partial charge in [0, 0.05) is 11.6 Å². The number of aromatic nitrogens is 2. The van der Waals surface area contributed by atoms with Crippen LogP contribution in [-0.2, 0) is 20.8 Å².